The Hall–Kier alpha value is -0.820. The summed E-state index contributed by atoms with van der Waals surface area (Å²) in [5, 5.41) is 3.26. The fourth-order valence-corrected chi connectivity index (χ4v) is 5.47. The van der Waals surface area contributed by atoms with E-state index in [9.17, 15) is 8.42 Å². The fourth-order valence-electron chi connectivity index (χ4n) is 4.47. The SMILES string of the molecule is CN=C(NCCS(=O)(=O)NCC1CCC1)N1CCC2(CCCCC2)C1. The van der Waals surface area contributed by atoms with Gasteiger partial charge in [0.05, 0.1) is 5.75 Å². The highest BCUT2D eigenvalue weighted by Gasteiger charge is 2.39. The molecule has 0 aromatic heterocycles. The Bertz CT molecular complexity index is 566. The van der Waals surface area contributed by atoms with E-state index in [0.717, 1.165) is 31.9 Å². The van der Waals surface area contributed by atoms with Crippen LogP contribution >= 0.6 is 0 Å². The van der Waals surface area contributed by atoms with E-state index < -0.39 is 10.0 Å². The van der Waals surface area contributed by atoms with Crippen molar-refractivity contribution in [2.75, 3.05) is 39.0 Å². The van der Waals surface area contributed by atoms with Crippen LogP contribution in [0.4, 0.5) is 0 Å². The van der Waals surface area contributed by atoms with Crippen LogP contribution in [0.2, 0.25) is 0 Å². The van der Waals surface area contributed by atoms with Crippen LogP contribution in [0.3, 0.4) is 0 Å². The standard InChI is InChI=1S/C18H34N4O2S/c1-19-17(22-12-10-18(15-22)8-3-2-4-9-18)20-11-13-25(23,24)21-14-16-6-5-7-16/h16,21H,2-15H2,1H3,(H,19,20). The van der Waals surface area contributed by atoms with Crippen molar-refractivity contribution >= 4 is 16.0 Å². The van der Waals surface area contributed by atoms with Crippen molar-refractivity contribution in [3.8, 4) is 0 Å². The maximum absolute atomic E-state index is 12.1. The fraction of sp³-hybridized carbons (Fsp3) is 0.944. The molecule has 3 aliphatic rings. The third-order valence-electron chi connectivity index (χ3n) is 6.33. The van der Waals surface area contributed by atoms with E-state index >= 15 is 0 Å². The van der Waals surface area contributed by atoms with Gasteiger partial charge in [0.25, 0.3) is 0 Å². The summed E-state index contributed by atoms with van der Waals surface area (Å²) >= 11 is 0. The van der Waals surface area contributed by atoms with Crippen molar-refractivity contribution in [1.82, 2.24) is 14.9 Å². The molecule has 0 atom stereocenters. The van der Waals surface area contributed by atoms with Crippen molar-refractivity contribution in [1.29, 1.82) is 0 Å². The smallest absolute Gasteiger partial charge is 0.213 e. The molecule has 0 unspecified atom stereocenters. The van der Waals surface area contributed by atoms with Gasteiger partial charge in [-0.25, -0.2) is 13.1 Å². The van der Waals surface area contributed by atoms with Crippen LogP contribution in [0.1, 0.15) is 57.8 Å². The number of guanidine groups is 1. The van der Waals surface area contributed by atoms with Crippen LogP contribution in [0.25, 0.3) is 0 Å². The molecule has 2 N–H and O–H groups in total. The third-order valence-corrected chi connectivity index (χ3v) is 7.68. The Morgan fingerprint density at radius 3 is 2.56 bits per heavy atom. The number of nitrogens with zero attached hydrogens (tertiary/aromatic N) is 2. The van der Waals surface area contributed by atoms with Crippen molar-refractivity contribution in [3.63, 3.8) is 0 Å². The molecular formula is C18H34N4O2S. The third kappa shape index (κ3) is 5.09. The molecule has 25 heavy (non-hydrogen) atoms. The van der Waals surface area contributed by atoms with E-state index in [0.29, 0.717) is 24.4 Å². The van der Waals surface area contributed by atoms with Crippen LogP contribution in [0.5, 0.6) is 0 Å². The normalized spacial score (nSPS) is 24.5. The predicted octanol–water partition coefficient (Wildman–Crippen LogP) is 1.94. The van der Waals surface area contributed by atoms with Crippen molar-refractivity contribution in [3.05, 3.63) is 0 Å². The Labute approximate surface area is 152 Å². The van der Waals surface area contributed by atoms with Gasteiger partial charge in [0.1, 0.15) is 0 Å². The van der Waals surface area contributed by atoms with E-state index in [1.54, 1.807) is 7.05 Å². The van der Waals surface area contributed by atoms with Crippen LogP contribution in [0, 0.1) is 11.3 Å². The largest absolute Gasteiger partial charge is 0.355 e. The molecule has 0 radical (unpaired) electrons. The molecule has 0 bridgehead atoms. The topological polar surface area (TPSA) is 73.8 Å². The number of sulfonamides is 1. The summed E-state index contributed by atoms with van der Waals surface area (Å²) in [6.45, 7) is 3.12. The molecule has 1 heterocycles. The number of hydrogen-bond donors (Lipinski definition) is 2. The van der Waals surface area contributed by atoms with Gasteiger partial charge < -0.3 is 10.2 Å². The van der Waals surface area contributed by atoms with Crippen LogP contribution in [-0.4, -0.2) is 58.3 Å². The minimum Gasteiger partial charge on any atom is -0.355 e. The summed E-state index contributed by atoms with van der Waals surface area (Å²) in [4.78, 5) is 6.70. The first kappa shape index (κ1) is 19.0. The minimum absolute atomic E-state index is 0.109. The zero-order valence-electron chi connectivity index (χ0n) is 15.6. The molecule has 3 rings (SSSR count). The van der Waals surface area contributed by atoms with Crippen LogP contribution in [-0.2, 0) is 10.0 Å². The highest BCUT2D eigenvalue weighted by Crippen LogP contribution is 2.43. The minimum atomic E-state index is -3.19. The Kier molecular flexibility index (Phi) is 6.25. The van der Waals surface area contributed by atoms with Gasteiger partial charge in [0.2, 0.25) is 10.0 Å². The van der Waals surface area contributed by atoms with Crippen molar-refractivity contribution < 1.29 is 8.42 Å². The second kappa shape index (κ2) is 8.25. The Balaban J connectivity index is 1.41. The first-order chi connectivity index (χ1) is 12.0. The van der Waals surface area contributed by atoms with Gasteiger partial charge in [-0.05, 0) is 43.4 Å². The molecule has 0 amide bonds. The Morgan fingerprint density at radius 2 is 1.92 bits per heavy atom. The molecule has 0 aromatic rings. The number of aliphatic imine (C=N–C) groups is 1. The molecule has 2 saturated carbocycles. The first-order valence-electron chi connectivity index (χ1n) is 9.95. The highest BCUT2D eigenvalue weighted by molar-refractivity contribution is 7.89. The second-order valence-corrected chi connectivity index (χ2v) is 10.1. The summed E-state index contributed by atoms with van der Waals surface area (Å²) in [6, 6.07) is 0. The summed E-state index contributed by atoms with van der Waals surface area (Å²) in [7, 11) is -1.40. The second-order valence-electron chi connectivity index (χ2n) is 8.17. The molecule has 6 nitrogen and oxygen atoms in total. The number of rotatable bonds is 6. The molecule has 1 aliphatic heterocycles. The summed E-state index contributed by atoms with van der Waals surface area (Å²) < 4.78 is 27.0. The molecule has 3 fully saturated rings. The van der Waals surface area contributed by atoms with E-state index in [1.807, 2.05) is 0 Å². The Morgan fingerprint density at radius 1 is 1.16 bits per heavy atom. The summed E-state index contributed by atoms with van der Waals surface area (Å²) in [6.07, 6.45) is 11.5. The first-order valence-corrected chi connectivity index (χ1v) is 11.6. The van der Waals surface area contributed by atoms with Gasteiger partial charge in [-0.1, -0.05) is 25.7 Å². The van der Waals surface area contributed by atoms with Crippen molar-refractivity contribution in [2.45, 2.75) is 57.8 Å². The molecule has 144 valence electrons. The number of hydrogen-bond acceptors (Lipinski definition) is 3. The van der Waals surface area contributed by atoms with Gasteiger partial charge in [-0.15, -0.1) is 0 Å². The van der Waals surface area contributed by atoms with Crippen molar-refractivity contribution in [2.24, 2.45) is 16.3 Å². The summed E-state index contributed by atoms with van der Waals surface area (Å²) in [5.74, 6) is 1.51. The monoisotopic (exact) mass is 370 g/mol. The number of nitrogens with one attached hydrogen (secondary N) is 2. The van der Waals surface area contributed by atoms with Crippen LogP contribution in [0.15, 0.2) is 4.99 Å². The lowest BCUT2D eigenvalue weighted by atomic mass is 9.73. The lowest BCUT2D eigenvalue weighted by Gasteiger charge is -2.33. The van der Waals surface area contributed by atoms with Crippen LogP contribution < -0.4 is 10.0 Å². The van der Waals surface area contributed by atoms with E-state index in [4.69, 9.17) is 0 Å². The molecule has 0 aromatic carbocycles. The summed E-state index contributed by atoms with van der Waals surface area (Å²) in [5.41, 5.74) is 0.478. The molecule has 1 saturated heterocycles. The predicted molar refractivity (Wildman–Crippen MR) is 102 cm³/mol. The van der Waals surface area contributed by atoms with Gasteiger partial charge in [-0.3, -0.25) is 4.99 Å². The van der Waals surface area contributed by atoms with Gasteiger partial charge >= 0.3 is 0 Å². The lowest BCUT2D eigenvalue weighted by molar-refractivity contribution is 0.203. The zero-order chi connectivity index (χ0) is 17.8. The van der Waals surface area contributed by atoms with Gasteiger partial charge in [-0.2, -0.15) is 0 Å². The van der Waals surface area contributed by atoms with Gasteiger partial charge in [0.15, 0.2) is 5.96 Å². The van der Waals surface area contributed by atoms with Gasteiger partial charge in [0, 0.05) is 33.2 Å². The average molecular weight is 371 g/mol. The molecule has 1 spiro atoms. The van der Waals surface area contributed by atoms with E-state index in [-0.39, 0.29) is 5.75 Å². The quantitative estimate of drug-likeness (QED) is 0.553. The maximum atomic E-state index is 12.1. The molecular weight excluding hydrogens is 336 g/mol. The maximum Gasteiger partial charge on any atom is 0.213 e. The lowest BCUT2D eigenvalue weighted by Crippen LogP contribution is -2.44. The molecule has 7 heteroatoms. The number of likely N-dealkylation sites (tertiary alicyclic amines) is 1. The molecule has 2 aliphatic carbocycles. The highest BCUT2D eigenvalue weighted by atomic mass is 32.2. The zero-order valence-corrected chi connectivity index (χ0v) is 16.4. The van der Waals surface area contributed by atoms with E-state index in [2.05, 4.69) is 19.9 Å². The average Bonchev–Trinajstić information content (AvgIpc) is 2.94. The van der Waals surface area contributed by atoms with E-state index in [1.165, 1.54) is 44.9 Å².